The number of furan rings is 1. The van der Waals surface area contributed by atoms with Gasteiger partial charge in [0.25, 0.3) is 0 Å². The van der Waals surface area contributed by atoms with Gasteiger partial charge in [-0.05, 0) is 62.5 Å². The second kappa shape index (κ2) is 3.99. The zero-order valence-corrected chi connectivity index (χ0v) is 12.1. The molecule has 0 N–H and O–H groups in total. The number of rotatable bonds is 1. The van der Waals surface area contributed by atoms with Crippen molar-refractivity contribution in [3.8, 4) is 11.5 Å². The highest BCUT2D eigenvalue weighted by atomic mass is 79.9. The highest BCUT2D eigenvalue weighted by molar-refractivity contribution is 9.10. The molecular weight excluding hydrogens is 348 g/mol. The van der Waals surface area contributed by atoms with Gasteiger partial charge in [-0.25, -0.2) is 4.98 Å². The first-order chi connectivity index (χ1) is 8.13. The van der Waals surface area contributed by atoms with E-state index in [-0.39, 0.29) is 0 Å². The van der Waals surface area contributed by atoms with Crippen molar-refractivity contribution >= 4 is 37.5 Å². The molecule has 0 saturated heterocycles. The van der Waals surface area contributed by atoms with Crippen LogP contribution in [0.15, 0.2) is 44.2 Å². The Morgan fingerprint density at radius 2 is 2.06 bits per heavy atom. The Bertz CT molecular complexity index is 661. The molecule has 0 aromatic carbocycles. The molecule has 0 aliphatic carbocycles. The van der Waals surface area contributed by atoms with Crippen molar-refractivity contribution in [1.29, 1.82) is 0 Å². The van der Waals surface area contributed by atoms with E-state index in [0.29, 0.717) is 4.67 Å². The summed E-state index contributed by atoms with van der Waals surface area (Å²) in [6.45, 7) is 2.04. The summed E-state index contributed by atoms with van der Waals surface area (Å²) >= 11 is 6.79. The van der Waals surface area contributed by atoms with Gasteiger partial charge in [0.15, 0.2) is 10.4 Å². The van der Waals surface area contributed by atoms with Gasteiger partial charge in [-0.1, -0.05) is 0 Å². The average Bonchev–Trinajstić information content (AvgIpc) is 2.85. The fraction of sp³-hybridized carbons (Fsp3) is 0.0833. The number of halogens is 2. The molecule has 86 valence electrons. The van der Waals surface area contributed by atoms with E-state index in [1.807, 2.05) is 41.9 Å². The lowest BCUT2D eigenvalue weighted by Gasteiger charge is -1.98. The van der Waals surface area contributed by atoms with Crippen LogP contribution in [0.5, 0.6) is 0 Å². The lowest BCUT2D eigenvalue weighted by Crippen LogP contribution is -1.85. The number of aryl methyl sites for hydroxylation is 1. The fourth-order valence-electron chi connectivity index (χ4n) is 1.68. The Balaban J connectivity index is 2.19. The van der Waals surface area contributed by atoms with Crippen LogP contribution in [0, 0.1) is 6.92 Å². The molecule has 3 aromatic heterocycles. The summed E-state index contributed by atoms with van der Waals surface area (Å²) in [6, 6.07) is 5.79. The van der Waals surface area contributed by atoms with Crippen molar-refractivity contribution < 1.29 is 4.42 Å². The van der Waals surface area contributed by atoms with Gasteiger partial charge in [-0.15, -0.1) is 0 Å². The van der Waals surface area contributed by atoms with E-state index in [2.05, 4.69) is 36.8 Å². The number of pyridine rings is 1. The third-order valence-corrected chi connectivity index (χ3v) is 3.82. The zero-order chi connectivity index (χ0) is 12.0. The SMILES string of the molecule is Cc1cc2nc(-c3ccc(Br)o3)cn2cc1Br. The standard InChI is InChI=1S/C12H8Br2N2O/c1-7-4-12-15-9(6-16(12)5-8(7)13)10-2-3-11(14)17-10/h2-6H,1H3. The third-order valence-electron chi connectivity index (χ3n) is 2.56. The van der Waals surface area contributed by atoms with Crippen LogP contribution in [0.25, 0.3) is 17.1 Å². The second-order valence-corrected chi connectivity index (χ2v) is 5.44. The first kappa shape index (κ1) is 11.0. The minimum atomic E-state index is 0.710. The lowest BCUT2D eigenvalue weighted by atomic mass is 10.3. The van der Waals surface area contributed by atoms with Crippen LogP contribution in [-0.2, 0) is 0 Å². The molecule has 3 nitrogen and oxygen atoms in total. The van der Waals surface area contributed by atoms with E-state index in [9.17, 15) is 0 Å². The second-order valence-electron chi connectivity index (χ2n) is 3.80. The van der Waals surface area contributed by atoms with E-state index in [0.717, 1.165) is 27.1 Å². The lowest BCUT2D eigenvalue weighted by molar-refractivity contribution is 0.554. The van der Waals surface area contributed by atoms with Crippen molar-refractivity contribution in [2.75, 3.05) is 0 Å². The van der Waals surface area contributed by atoms with Gasteiger partial charge < -0.3 is 8.82 Å². The number of hydrogen-bond donors (Lipinski definition) is 0. The molecule has 5 heteroatoms. The summed E-state index contributed by atoms with van der Waals surface area (Å²) in [6.07, 6.45) is 3.95. The van der Waals surface area contributed by atoms with E-state index < -0.39 is 0 Å². The van der Waals surface area contributed by atoms with Crippen molar-refractivity contribution in [2.45, 2.75) is 6.92 Å². The van der Waals surface area contributed by atoms with Gasteiger partial charge in [0, 0.05) is 16.9 Å². The quantitative estimate of drug-likeness (QED) is 0.646. The number of nitrogens with zero attached hydrogens (tertiary/aromatic N) is 2. The molecule has 0 atom stereocenters. The van der Waals surface area contributed by atoms with Crippen LogP contribution in [0.2, 0.25) is 0 Å². The van der Waals surface area contributed by atoms with E-state index in [4.69, 9.17) is 4.42 Å². The fourth-order valence-corrected chi connectivity index (χ4v) is 2.32. The minimum absolute atomic E-state index is 0.710. The van der Waals surface area contributed by atoms with E-state index in [1.54, 1.807) is 0 Å². The number of aromatic nitrogens is 2. The summed E-state index contributed by atoms with van der Waals surface area (Å²) in [5.74, 6) is 0.759. The Labute approximate surface area is 115 Å². The molecule has 0 spiro atoms. The van der Waals surface area contributed by atoms with E-state index in [1.165, 1.54) is 0 Å². The number of fused-ring (bicyclic) bond motifs is 1. The molecule has 0 fully saturated rings. The monoisotopic (exact) mass is 354 g/mol. The van der Waals surface area contributed by atoms with Gasteiger partial charge >= 0.3 is 0 Å². The molecule has 0 amide bonds. The molecular formula is C12H8Br2N2O. The normalized spacial score (nSPS) is 11.2. The van der Waals surface area contributed by atoms with Crippen molar-refractivity contribution in [3.05, 3.63) is 45.3 Å². The molecule has 17 heavy (non-hydrogen) atoms. The Hall–Kier alpha value is -1.07. The molecule has 0 unspecified atom stereocenters. The first-order valence-electron chi connectivity index (χ1n) is 5.04. The molecule has 0 saturated carbocycles. The maximum Gasteiger partial charge on any atom is 0.169 e. The molecule has 3 aromatic rings. The van der Waals surface area contributed by atoms with Crippen molar-refractivity contribution in [1.82, 2.24) is 9.38 Å². The van der Waals surface area contributed by atoms with Crippen LogP contribution in [0.4, 0.5) is 0 Å². The molecule has 3 rings (SSSR count). The molecule has 0 aliphatic heterocycles. The topological polar surface area (TPSA) is 30.4 Å². The van der Waals surface area contributed by atoms with Gasteiger partial charge in [0.05, 0.1) is 0 Å². The summed E-state index contributed by atoms with van der Waals surface area (Å²) in [7, 11) is 0. The highest BCUT2D eigenvalue weighted by Gasteiger charge is 2.09. The predicted octanol–water partition coefficient (Wildman–Crippen LogP) is 4.43. The third kappa shape index (κ3) is 1.93. The summed E-state index contributed by atoms with van der Waals surface area (Å²) in [5.41, 5.74) is 2.90. The van der Waals surface area contributed by atoms with Crippen LogP contribution in [-0.4, -0.2) is 9.38 Å². The van der Waals surface area contributed by atoms with Gasteiger partial charge in [-0.3, -0.25) is 0 Å². The smallest absolute Gasteiger partial charge is 0.169 e. The van der Waals surface area contributed by atoms with Crippen LogP contribution >= 0.6 is 31.9 Å². The van der Waals surface area contributed by atoms with Crippen LogP contribution in [0.3, 0.4) is 0 Å². The Kier molecular flexibility index (Phi) is 2.60. The summed E-state index contributed by atoms with van der Waals surface area (Å²) < 4.78 is 9.24. The van der Waals surface area contributed by atoms with E-state index >= 15 is 0 Å². The molecule has 0 aliphatic rings. The molecule has 0 bridgehead atoms. The summed E-state index contributed by atoms with van der Waals surface area (Å²) in [4.78, 5) is 4.53. The van der Waals surface area contributed by atoms with Crippen LogP contribution in [0.1, 0.15) is 5.56 Å². The minimum Gasteiger partial charge on any atom is -0.448 e. The first-order valence-corrected chi connectivity index (χ1v) is 6.62. The Morgan fingerprint density at radius 1 is 1.24 bits per heavy atom. The van der Waals surface area contributed by atoms with Gasteiger partial charge in [0.1, 0.15) is 11.3 Å². The number of hydrogen-bond acceptors (Lipinski definition) is 2. The summed E-state index contributed by atoms with van der Waals surface area (Å²) in [5, 5.41) is 0. The van der Waals surface area contributed by atoms with Crippen molar-refractivity contribution in [3.63, 3.8) is 0 Å². The van der Waals surface area contributed by atoms with Gasteiger partial charge in [0.2, 0.25) is 0 Å². The average molecular weight is 356 g/mol. The highest BCUT2D eigenvalue weighted by Crippen LogP contribution is 2.26. The number of imidazole rings is 1. The maximum absolute atomic E-state index is 5.49. The molecule has 3 heterocycles. The maximum atomic E-state index is 5.49. The Morgan fingerprint density at radius 3 is 2.76 bits per heavy atom. The largest absolute Gasteiger partial charge is 0.448 e. The van der Waals surface area contributed by atoms with Crippen molar-refractivity contribution in [2.24, 2.45) is 0 Å². The molecule has 0 radical (unpaired) electrons. The van der Waals surface area contributed by atoms with Gasteiger partial charge in [-0.2, -0.15) is 0 Å². The van der Waals surface area contributed by atoms with Crippen LogP contribution < -0.4 is 0 Å². The predicted molar refractivity (Wildman–Crippen MR) is 73.0 cm³/mol. The zero-order valence-electron chi connectivity index (χ0n) is 8.95.